The van der Waals surface area contributed by atoms with Crippen molar-refractivity contribution in [2.75, 3.05) is 6.54 Å². The summed E-state index contributed by atoms with van der Waals surface area (Å²) in [6, 6.07) is 7.95. The van der Waals surface area contributed by atoms with Crippen LogP contribution < -0.4 is 0 Å². The maximum Gasteiger partial charge on any atom is 0.254 e. The number of H-pyrrole nitrogens is 1. The van der Waals surface area contributed by atoms with Crippen molar-refractivity contribution < 1.29 is 4.79 Å². The fraction of sp³-hybridized carbons (Fsp3) is 0.375. The van der Waals surface area contributed by atoms with E-state index in [9.17, 15) is 4.79 Å². The van der Waals surface area contributed by atoms with E-state index in [0.717, 1.165) is 29.9 Å². The molecule has 0 spiro atoms. The molecule has 0 radical (unpaired) electrons. The summed E-state index contributed by atoms with van der Waals surface area (Å²) in [7, 11) is 0. The summed E-state index contributed by atoms with van der Waals surface area (Å²) < 4.78 is 0. The Hall–Kier alpha value is -2.10. The minimum atomic E-state index is 0.0977. The molecule has 1 aromatic carbocycles. The van der Waals surface area contributed by atoms with Crippen LogP contribution in [0.5, 0.6) is 0 Å². The van der Waals surface area contributed by atoms with E-state index in [2.05, 4.69) is 23.8 Å². The quantitative estimate of drug-likeness (QED) is 0.911. The highest BCUT2D eigenvalue weighted by molar-refractivity contribution is 5.94. The number of hydrogen-bond acceptors (Lipinski definition) is 2. The second kappa shape index (κ2) is 5.12. The van der Waals surface area contributed by atoms with Crippen LogP contribution in [0.2, 0.25) is 0 Å². The lowest BCUT2D eigenvalue weighted by molar-refractivity contribution is 0.0732. The summed E-state index contributed by atoms with van der Waals surface area (Å²) in [5.41, 5.74) is 4.17. The van der Waals surface area contributed by atoms with Gasteiger partial charge < -0.3 is 9.88 Å². The number of benzene rings is 1. The van der Waals surface area contributed by atoms with Gasteiger partial charge in [0.15, 0.2) is 0 Å². The molecule has 0 bridgehead atoms. The van der Waals surface area contributed by atoms with Crippen LogP contribution in [0, 0.1) is 0 Å². The molecule has 2 aromatic rings. The molecule has 0 atom stereocenters. The number of carbonyl (C=O) groups excluding carboxylic acids is 1. The first-order valence-corrected chi connectivity index (χ1v) is 7.05. The van der Waals surface area contributed by atoms with Crippen LogP contribution in [0.4, 0.5) is 0 Å². The third-order valence-corrected chi connectivity index (χ3v) is 3.89. The van der Waals surface area contributed by atoms with Gasteiger partial charge in [0.05, 0.1) is 24.3 Å². The van der Waals surface area contributed by atoms with Crippen LogP contribution in [0.3, 0.4) is 0 Å². The van der Waals surface area contributed by atoms with Crippen molar-refractivity contribution in [1.29, 1.82) is 0 Å². The highest BCUT2D eigenvalue weighted by Crippen LogP contribution is 2.19. The number of aromatic amines is 1. The molecule has 0 saturated heterocycles. The Morgan fingerprint density at radius 1 is 1.30 bits per heavy atom. The van der Waals surface area contributed by atoms with Gasteiger partial charge in [0.1, 0.15) is 0 Å². The van der Waals surface area contributed by atoms with Gasteiger partial charge >= 0.3 is 0 Å². The second-order valence-electron chi connectivity index (χ2n) is 5.58. The predicted octanol–water partition coefficient (Wildman–Crippen LogP) is 2.73. The molecule has 1 aliphatic heterocycles. The lowest BCUT2D eigenvalue weighted by Crippen LogP contribution is -2.36. The zero-order chi connectivity index (χ0) is 14.1. The highest BCUT2D eigenvalue weighted by atomic mass is 16.2. The number of rotatable bonds is 2. The molecule has 1 N–H and O–H groups in total. The fourth-order valence-corrected chi connectivity index (χ4v) is 2.58. The summed E-state index contributed by atoms with van der Waals surface area (Å²) >= 11 is 0. The number of amides is 1. The molecule has 1 aromatic heterocycles. The van der Waals surface area contributed by atoms with Crippen molar-refractivity contribution in [3.05, 3.63) is 53.1 Å². The van der Waals surface area contributed by atoms with Crippen molar-refractivity contribution in [2.45, 2.75) is 32.7 Å². The lowest BCUT2D eigenvalue weighted by atomic mass is 10.0. The van der Waals surface area contributed by atoms with Crippen LogP contribution >= 0.6 is 0 Å². The van der Waals surface area contributed by atoms with Crippen molar-refractivity contribution in [3.63, 3.8) is 0 Å². The van der Waals surface area contributed by atoms with E-state index in [-0.39, 0.29) is 5.91 Å². The van der Waals surface area contributed by atoms with Crippen molar-refractivity contribution in [1.82, 2.24) is 14.9 Å². The molecule has 4 nitrogen and oxygen atoms in total. The predicted molar refractivity (Wildman–Crippen MR) is 77.6 cm³/mol. The topological polar surface area (TPSA) is 49.0 Å². The zero-order valence-corrected chi connectivity index (χ0v) is 11.9. The number of imidazole rings is 1. The Kier molecular flexibility index (Phi) is 3.30. The van der Waals surface area contributed by atoms with Crippen LogP contribution in [-0.4, -0.2) is 27.3 Å². The van der Waals surface area contributed by atoms with Gasteiger partial charge in [-0.1, -0.05) is 26.0 Å². The summed E-state index contributed by atoms with van der Waals surface area (Å²) in [5.74, 6) is 0.585. The molecule has 1 aliphatic rings. The Morgan fingerprint density at radius 3 is 2.75 bits per heavy atom. The maximum absolute atomic E-state index is 12.5. The third-order valence-electron chi connectivity index (χ3n) is 3.89. The number of aromatic nitrogens is 2. The smallest absolute Gasteiger partial charge is 0.254 e. The summed E-state index contributed by atoms with van der Waals surface area (Å²) in [4.78, 5) is 21.8. The molecule has 3 rings (SSSR count). The Bertz CT molecular complexity index is 613. The Labute approximate surface area is 118 Å². The number of hydrogen-bond donors (Lipinski definition) is 1. The molecule has 20 heavy (non-hydrogen) atoms. The third kappa shape index (κ3) is 2.33. The van der Waals surface area contributed by atoms with Crippen molar-refractivity contribution in [2.24, 2.45) is 0 Å². The molecule has 0 aliphatic carbocycles. The van der Waals surface area contributed by atoms with Crippen molar-refractivity contribution >= 4 is 5.91 Å². The standard InChI is InChI=1S/C16H19N3O/c1-11(2)12-3-5-13(6-4-12)16(20)19-8-7-14-15(9-19)18-10-17-14/h3-6,10-11H,7-9H2,1-2H3,(H,17,18). The molecule has 4 heteroatoms. The number of carbonyl (C=O) groups is 1. The van der Waals surface area contributed by atoms with Crippen LogP contribution in [0.25, 0.3) is 0 Å². The van der Waals surface area contributed by atoms with E-state index in [1.165, 1.54) is 5.56 Å². The van der Waals surface area contributed by atoms with Gasteiger partial charge in [-0.15, -0.1) is 0 Å². The summed E-state index contributed by atoms with van der Waals surface area (Å²) in [6.07, 6.45) is 2.53. The first kappa shape index (κ1) is 12.9. The average molecular weight is 269 g/mol. The minimum Gasteiger partial charge on any atom is -0.347 e. The van der Waals surface area contributed by atoms with Crippen LogP contribution in [0.15, 0.2) is 30.6 Å². The van der Waals surface area contributed by atoms with E-state index >= 15 is 0 Å². The first-order valence-electron chi connectivity index (χ1n) is 7.05. The second-order valence-corrected chi connectivity index (χ2v) is 5.58. The number of nitrogens with zero attached hydrogens (tertiary/aromatic N) is 2. The van der Waals surface area contributed by atoms with Crippen LogP contribution in [-0.2, 0) is 13.0 Å². The number of nitrogens with one attached hydrogen (secondary N) is 1. The first-order chi connectivity index (χ1) is 9.65. The Balaban J connectivity index is 1.76. The largest absolute Gasteiger partial charge is 0.347 e. The molecule has 0 unspecified atom stereocenters. The van der Waals surface area contributed by atoms with E-state index in [1.54, 1.807) is 6.33 Å². The van der Waals surface area contributed by atoms with Gasteiger partial charge in [0.25, 0.3) is 5.91 Å². The normalized spacial score (nSPS) is 14.4. The van der Waals surface area contributed by atoms with Gasteiger partial charge in [0.2, 0.25) is 0 Å². The van der Waals surface area contributed by atoms with E-state index in [0.29, 0.717) is 12.5 Å². The van der Waals surface area contributed by atoms with E-state index in [4.69, 9.17) is 0 Å². The average Bonchev–Trinajstić information content (AvgIpc) is 2.94. The van der Waals surface area contributed by atoms with Gasteiger partial charge in [-0.05, 0) is 23.6 Å². The maximum atomic E-state index is 12.5. The minimum absolute atomic E-state index is 0.0977. The summed E-state index contributed by atoms with van der Waals surface area (Å²) in [5, 5.41) is 0. The van der Waals surface area contributed by atoms with Gasteiger partial charge in [-0.25, -0.2) is 4.98 Å². The zero-order valence-electron chi connectivity index (χ0n) is 11.9. The SMILES string of the molecule is CC(C)c1ccc(C(=O)N2CCc3nc[nH]c3C2)cc1. The van der Waals surface area contributed by atoms with Gasteiger partial charge in [0, 0.05) is 18.5 Å². The fourth-order valence-electron chi connectivity index (χ4n) is 2.58. The van der Waals surface area contributed by atoms with Crippen molar-refractivity contribution in [3.8, 4) is 0 Å². The molecular weight excluding hydrogens is 250 g/mol. The molecule has 104 valence electrons. The molecule has 0 fully saturated rings. The number of fused-ring (bicyclic) bond motifs is 1. The van der Waals surface area contributed by atoms with Crippen LogP contribution in [0.1, 0.15) is 47.1 Å². The van der Waals surface area contributed by atoms with E-state index < -0.39 is 0 Å². The van der Waals surface area contributed by atoms with E-state index in [1.807, 2.05) is 29.2 Å². The molecular formula is C16H19N3O. The monoisotopic (exact) mass is 269 g/mol. The molecule has 0 saturated carbocycles. The molecule has 1 amide bonds. The molecule has 2 heterocycles. The summed E-state index contributed by atoms with van der Waals surface area (Å²) in [6.45, 7) is 5.67. The lowest BCUT2D eigenvalue weighted by Gasteiger charge is -2.26. The highest BCUT2D eigenvalue weighted by Gasteiger charge is 2.23. The Morgan fingerprint density at radius 2 is 2.05 bits per heavy atom. The van der Waals surface area contributed by atoms with Gasteiger partial charge in [-0.2, -0.15) is 0 Å². The van der Waals surface area contributed by atoms with Gasteiger partial charge in [-0.3, -0.25) is 4.79 Å².